The molecule has 0 aliphatic rings. The zero-order chi connectivity index (χ0) is 18.8. The van der Waals surface area contributed by atoms with Gasteiger partial charge in [0.2, 0.25) is 0 Å². The topological polar surface area (TPSA) is 96.3 Å². The lowest BCUT2D eigenvalue weighted by molar-refractivity contribution is -0.138. The van der Waals surface area contributed by atoms with Crippen LogP contribution in [0.5, 0.6) is 5.75 Å². The summed E-state index contributed by atoms with van der Waals surface area (Å²) in [6.07, 6.45) is 4.23. The molecule has 0 fully saturated rings. The molecule has 0 aromatic heterocycles. The molecule has 5 heteroatoms. The fourth-order valence-corrected chi connectivity index (χ4v) is 2.61. The number of unbranched alkanes of at least 4 members (excludes halogenated alkanes) is 3. The molecule has 2 aromatic carbocycles. The summed E-state index contributed by atoms with van der Waals surface area (Å²) in [5.41, 5.74) is 8.26. The second kappa shape index (κ2) is 10.2. The molecule has 0 bridgehead atoms. The highest BCUT2D eigenvalue weighted by Gasteiger charge is 2.09. The van der Waals surface area contributed by atoms with Gasteiger partial charge in [-0.25, -0.2) is 0 Å². The molecule has 0 radical (unpaired) electrons. The Balaban J connectivity index is 1.67. The molecule has 0 aliphatic carbocycles. The molecule has 0 spiro atoms. The summed E-state index contributed by atoms with van der Waals surface area (Å²) < 4.78 is 5.74. The van der Waals surface area contributed by atoms with Crippen LogP contribution in [-0.4, -0.2) is 23.7 Å². The lowest BCUT2D eigenvalue weighted by atomic mass is 10.0. The normalized spacial score (nSPS) is 11.5. The number of benzene rings is 2. The standard InChI is InChI=1S/C21H24N2O3/c22-15-16-6-8-17(9-7-16)18-10-12-19(13-11-18)26-14-4-2-1-3-5-20(23)21(24)25/h6-13,20H,1-5,14,23H2,(H,24,25). The van der Waals surface area contributed by atoms with Crippen molar-refractivity contribution in [3.63, 3.8) is 0 Å². The average molecular weight is 352 g/mol. The summed E-state index contributed by atoms with van der Waals surface area (Å²) in [5.74, 6) is -0.104. The molecule has 3 N–H and O–H groups in total. The molecule has 5 nitrogen and oxygen atoms in total. The minimum Gasteiger partial charge on any atom is -0.494 e. The number of hydrogen-bond acceptors (Lipinski definition) is 4. The van der Waals surface area contributed by atoms with Crippen LogP contribution in [0.3, 0.4) is 0 Å². The van der Waals surface area contributed by atoms with Crippen LogP contribution in [0.2, 0.25) is 0 Å². The van der Waals surface area contributed by atoms with Gasteiger partial charge in [-0.2, -0.15) is 5.26 Å². The van der Waals surface area contributed by atoms with Crippen molar-refractivity contribution in [2.75, 3.05) is 6.61 Å². The van der Waals surface area contributed by atoms with Gasteiger partial charge < -0.3 is 15.6 Å². The Bertz CT molecular complexity index is 733. The van der Waals surface area contributed by atoms with Gasteiger partial charge in [-0.15, -0.1) is 0 Å². The van der Waals surface area contributed by atoms with E-state index in [0.717, 1.165) is 42.6 Å². The van der Waals surface area contributed by atoms with E-state index >= 15 is 0 Å². The predicted octanol–water partition coefficient (Wildman–Crippen LogP) is 3.97. The zero-order valence-corrected chi connectivity index (χ0v) is 14.7. The number of rotatable bonds is 10. The number of hydrogen-bond donors (Lipinski definition) is 2. The second-order valence-corrected chi connectivity index (χ2v) is 6.21. The van der Waals surface area contributed by atoms with Gasteiger partial charge in [-0.05, 0) is 48.2 Å². The van der Waals surface area contributed by atoms with Crippen molar-refractivity contribution < 1.29 is 14.6 Å². The van der Waals surface area contributed by atoms with Gasteiger partial charge in [0.15, 0.2) is 0 Å². The quantitative estimate of drug-likeness (QED) is 0.631. The van der Waals surface area contributed by atoms with Crippen LogP contribution in [0.25, 0.3) is 11.1 Å². The molecule has 2 aromatic rings. The summed E-state index contributed by atoms with van der Waals surface area (Å²) in [4.78, 5) is 10.6. The first-order valence-corrected chi connectivity index (χ1v) is 8.82. The Morgan fingerprint density at radius 3 is 2.15 bits per heavy atom. The van der Waals surface area contributed by atoms with Crippen LogP contribution in [0.1, 0.15) is 37.7 Å². The summed E-state index contributed by atoms with van der Waals surface area (Å²) in [7, 11) is 0. The van der Waals surface area contributed by atoms with Gasteiger partial charge >= 0.3 is 5.97 Å². The molecule has 0 aliphatic heterocycles. The third-order valence-electron chi connectivity index (χ3n) is 4.20. The number of nitriles is 1. The Kier molecular flexibility index (Phi) is 7.66. The number of aliphatic carboxylic acids is 1. The van der Waals surface area contributed by atoms with Crippen molar-refractivity contribution in [3.8, 4) is 22.9 Å². The van der Waals surface area contributed by atoms with E-state index in [0.29, 0.717) is 18.6 Å². The lowest BCUT2D eigenvalue weighted by Crippen LogP contribution is -2.29. The number of ether oxygens (including phenoxy) is 1. The van der Waals surface area contributed by atoms with E-state index in [1.54, 1.807) is 0 Å². The van der Waals surface area contributed by atoms with E-state index in [2.05, 4.69) is 6.07 Å². The Morgan fingerprint density at radius 1 is 1.00 bits per heavy atom. The van der Waals surface area contributed by atoms with Gasteiger partial charge in [0.1, 0.15) is 11.8 Å². The average Bonchev–Trinajstić information content (AvgIpc) is 2.67. The molecule has 2 rings (SSSR count). The third kappa shape index (κ3) is 6.23. The molecule has 0 saturated carbocycles. The molecule has 26 heavy (non-hydrogen) atoms. The van der Waals surface area contributed by atoms with Crippen LogP contribution < -0.4 is 10.5 Å². The monoisotopic (exact) mass is 352 g/mol. The number of carbonyl (C=O) groups is 1. The minimum atomic E-state index is -0.933. The van der Waals surface area contributed by atoms with E-state index in [1.165, 1.54) is 0 Å². The maximum atomic E-state index is 10.6. The van der Waals surface area contributed by atoms with Crippen LogP contribution in [0, 0.1) is 11.3 Å². The minimum absolute atomic E-state index is 0.521. The predicted molar refractivity (Wildman–Crippen MR) is 101 cm³/mol. The van der Waals surface area contributed by atoms with Crippen molar-refractivity contribution in [2.45, 2.75) is 38.1 Å². The van der Waals surface area contributed by atoms with E-state index in [4.69, 9.17) is 20.8 Å². The van der Waals surface area contributed by atoms with Gasteiger partial charge in [0, 0.05) is 0 Å². The molecular formula is C21H24N2O3. The molecule has 0 saturated heterocycles. The van der Waals surface area contributed by atoms with Crippen molar-refractivity contribution in [3.05, 3.63) is 54.1 Å². The molecular weight excluding hydrogens is 328 g/mol. The number of nitrogens with two attached hydrogens (primary N) is 1. The highest BCUT2D eigenvalue weighted by Crippen LogP contribution is 2.23. The largest absolute Gasteiger partial charge is 0.494 e. The first-order valence-electron chi connectivity index (χ1n) is 8.82. The summed E-state index contributed by atoms with van der Waals surface area (Å²) in [5, 5.41) is 17.5. The van der Waals surface area contributed by atoms with Gasteiger partial charge in [0.25, 0.3) is 0 Å². The van der Waals surface area contributed by atoms with E-state index in [1.807, 2.05) is 48.5 Å². The lowest BCUT2D eigenvalue weighted by Gasteiger charge is -2.08. The van der Waals surface area contributed by atoms with Gasteiger partial charge in [-0.3, -0.25) is 4.79 Å². The van der Waals surface area contributed by atoms with Crippen LogP contribution in [0.15, 0.2) is 48.5 Å². The first kappa shape index (κ1) is 19.5. The Hall–Kier alpha value is -2.84. The van der Waals surface area contributed by atoms with Crippen LogP contribution >= 0.6 is 0 Å². The number of nitrogens with zero attached hydrogens (tertiary/aromatic N) is 1. The van der Waals surface area contributed by atoms with Gasteiger partial charge in [0.05, 0.1) is 18.2 Å². The summed E-state index contributed by atoms with van der Waals surface area (Å²) in [6.45, 7) is 0.640. The van der Waals surface area contributed by atoms with Crippen molar-refractivity contribution in [2.24, 2.45) is 5.73 Å². The number of carboxylic acids is 1. The van der Waals surface area contributed by atoms with Crippen molar-refractivity contribution >= 4 is 5.97 Å². The Morgan fingerprint density at radius 2 is 1.58 bits per heavy atom. The zero-order valence-electron chi connectivity index (χ0n) is 14.7. The first-order chi connectivity index (χ1) is 12.6. The third-order valence-corrected chi connectivity index (χ3v) is 4.20. The highest BCUT2D eigenvalue weighted by atomic mass is 16.5. The summed E-state index contributed by atoms with van der Waals surface area (Å²) >= 11 is 0. The van der Waals surface area contributed by atoms with E-state index < -0.39 is 12.0 Å². The number of carboxylic acid groups (broad SMARTS) is 1. The Labute approximate surface area is 154 Å². The maximum Gasteiger partial charge on any atom is 0.320 e. The molecule has 0 amide bonds. The maximum absolute atomic E-state index is 10.6. The van der Waals surface area contributed by atoms with E-state index in [9.17, 15) is 4.79 Å². The van der Waals surface area contributed by atoms with Gasteiger partial charge in [-0.1, -0.05) is 43.5 Å². The van der Waals surface area contributed by atoms with Crippen molar-refractivity contribution in [1.82, 2.24) is 0 Å². The smallest absolute Gasteiger partial charge is 0.320 e. The van der Waals surface area contributed by atoms with E-state index in [-0.39, 0.29) is 0 Å². The van der Waals surface area contributed by atoms with Crippen LogP contribution in [0.4, 0.5) is 0 Å². The highest BCUT2D eigenvalue weighted by molar-refractivity contribution is 5.72. The molecule has 1 unspecified atom stereocenters. The molecule has 136 valence electrons. The molecule has 1 atom stereocenters. The fourth-order valence-electron chi connectivity index (χ4n) is 2.61. The summed E-state index contributed by atoms with van der Waals surface area (Å²) in [6, 6.07) is 16.7. The fraction of sp³-hybridized carbons (Fsp3) is 0.333. The molecule has 0 heterocycles. The van der Waals surface area contributed by atoms with Crippen molar-refractivity contribution in [1.29, 1.82) is 5.26 Å². The second-order valence-electron chi connectivity index (χ2n) is 6.21. The van der Waals surface area contributed by atoms with Crippen LogP contribution in [-0.2, 0) is 4.79 Å². The SMILES string of the molecule is N#Cc1ccc(-c2ccc(OCCCCCCC(N)C(=O)O)cc2)cc1.